The molecule has 1 aliphatic heterocycles. The Hall–Kier alpha value is -1.36. The maximum Gasteiger partial charge on any atom is 0.126 e. The predicted octanol–water partition coefficient (Wildman–Crippen LogP) is 6.03. The first-order chi connectivity index (χ1) is 12.2. The molecule has 0 aromatic heterocycles. The van der Waals surface area contributed by atoms with Crippen molar-refractivity contribution in [3.63, 3.8) is 0 Å². The zero-order valence-corrected chi connectivity index (χ0v) is 16.7. The molecule has 0 N–H and O–H groups in total. The molecule has 0 saturated heterocycles. The summed E-state index contributed by atoms with van der Waals surface area (Å²) in [5.74, 6) is 0. The first kappa shape index (κ1) is 17.1. The molecule has 1 heterocycles. The number of halogens is 2. The van der Waals surface area contributed by atoms with Crippen LogP contribution in [0, 0.1) is 0 Å². The second-order valence-corrected chi connectivity index (χ2v) is 8.38. The average molecular weight is 460 g/mol. The Kier molecular flexibility index (Phi) is 4.85. The Bertz CT molecular complexity index is 880. The summed E-state index contributed by atoms with van der Waals surface area (Å²) in [6.45, 7) is 1.92. The molecule has 0 amide bonds. The monoisotopic (exact) mass is 459 g/mol. The highest BCUT2D eigenvalue weighted by Gasteiger charge is 2.42. The molecule has 0 aliphatic carbocycles. The molecule has 0 bridgehead atoms. The lowest BCUT2D eigenvalue weighted by molar-refractivity contribution is 0.190. The summed E-state index contributed by atoms with van der Waals surface area (Å²) >= 11 is 9.25. The normalized spacial score (nSPS) is 20.2. The highest BCUT2D eigenvalue weighted by molar-refractivity contribution is 14.1. The molecule has 3 aromatic rings. The fourth-order valence-electron chi connectivity index (χ4n) is 3.68. The molecule has 0 fully saturated rings. The SMILES string of the molecule is Clc1ccccc1C1(I)c2ccccc2CCN1Cc1ccccc1. The van der Waals surface area contributed by atoms with Gasteiger partial charge in [0.15, 0.2) is 0 Å². The van der Waals surface area contributed by atoms with Gasteiger partial charge in [0.2, 0.25) is 0 Å². The predicted molar refractivity (Wildman–Crippen MR) is 113 cm³/mol. The summed E-state index contributed by atoms with van der Waals surface area (Å²) in [5, 5.41) is 0.826. The van der Waals surface area contributed by atoms with Gasteiger partial charge in [-0.2, -0.15) is 0 Å². The third kappa shape index (κ3) is 3.12. The van der Waals surface area contributed by atoms with Gasteiger partial charge in [0.25, 0.3) is 0 Å². The molecule has 1 nitrogen and oxygen atoms in total. The molecule has 0 radical (unpaired) electrons. The number of hydrogen-bond donors (Lipinski definition) is 0. The van der Waals surface area contributed by atoms with Gasteiger partial charge in [-0.1, -0.05) is 107 Å². The number of fused-ring (bicyclic) bond motifs is 1. The van der Waals surface area contributed by atoms with Crippen LogP contribution in [0.5, 0.6) is 0 Å². The Morgan fingerprint density at radius 3 is 2.24 bits per heavy atom. The topological polar surface area (TPSA) is 3.24 Å². The van der Waals surface area contributed by atoms with Gasteiger partial charge >= 0.3 is 0 Å². The van der Waals surface area contributed by atoms with E-state index in [-0.39, 0.29) is 3.55 Å². The van der Waals surface area contributed by atoms with Gasteiger partial charge in [0.05, 0.1) is 0 Å². The van der Waals surface area contributed by atoms with Gasteiger partial charge in [-0.05, 0) is 29.2 Å². The number of alkyl halides is 1. The molecule has 0 spiro atoms. The molecular weight excluding hydrogens is 441 g/mol. The Labute approximate surface area is 167 Å². The standard InChI is InChI=1S/C22H19ClIN/c23-21-13-7-6-12-20(21)22(24)19-11-5-4-10-18(19)14-15-25(22)16-17-8-2-1-3-9-17/h1-13H,14-16H2. The average Bonchev–Trinajstić information content (AvgIpc) is 2.65. The number of nitrogens with zero attached hydrogens (tertiary/aromatic N) is 1. The molecular formula is C22H19ClIN. The first-order valence-electron chi connectivity index (χ1n) is 8.51. The van der Waals surface area contributed by atoms with Crippen LogP contribution in [-0.2, 0) is 16.5 Å². The molecule has 1 unspecified atom stereocenters. The lowest BCUT2D eigenvalue weighted by Gasteiger charge is -2.45. The van der Waals surface area contributed by atoms with E-state index in [0.717, 1.165) is 24.5 Å². The van der Waals surface area contributed by atoms with Crippen LogP contribution >= 0.6 is 34.2 Å². The van der Waals surface area contributed by atoms with Gasteiger partial charge in [-0.15, -0.1) is 0 Å². The third-order valence-corrected chi connectivity index (χ3v) is 7.08. The minimum absolute atomic E-state index is 0.263. The summed E-state index contributed by atoms with van der Waals surface area (Å²) in [4.78, 5) is 2.55. The molecule has 0 saturated carbocycles. The zero-order valence-electron chi connectivity index (χ0n) is 13.8. The maximum atomic E-state index is 6.65. The summed E-state index contributed by atoms with van der Waals surface area (Å²) in [6, 6.07) is 27.7. The van der Waals surface area contributed by atoms with Crippen LogP contribution in [0.3, 0.4) is 0 Å². The van der Waals surface area contributed by atoms with Crippen LogP contribution in [0.2, 0.25) is 5.02 Å². The second kappa shape index (κ2) is 7.10. The van der Waals surface area contributed by atoms with Crippen molar-refractivity contribution in [2.75, 3.05) is 6.54 Å². The van der Waals surface area contributed by atoms with Crippen LogP contribution in [0.15, 0.2) is 78.9 Å². The smallest absolute Gasteiger partial charge is 0.126 e. The van der Waals surface area contributed by atoms with E-state index in [2.05, 4.69) is 94.2 Å². The van der Waals surface area contributed by atoms with E-state index in [1.807, 2.05) is 12.1 Å². The lowest BCUT2D eigenvalue weighted by atomic mass is 9.87. The van der Waals surface area contributed by atoms with Crippen molar-refractivity contribution < 1.29 is 0 Å². The summed E-state index contributed by atoms with van der Waals surface area (Å²) in [5.41, 5.74) is 5.27. The van der Waals surface area contributed by atoms with Crippen LogP contribution in [0.4, 0.5) is 0 Å². The van der Waals surface area contributed by atoms with Gasteiger partial charge in [0.1, 0.15) is 3.55 Å². The molecule has 1 aliphatic rings. The third-order valence-electron chi connectivity index (χ3n) is 4.91. The van der Waals surface area contributed by atoms with Gasteiger partial charge < -0.3 is 0 Å². The van der Waals surface area contributed by atoms with Crippen molar-refractivity contribution in [2.24, 2.45) is 0 Å². The minimum Gasteiger partial charge on any atom is -0.277 e. The quantitative estimate of drug-likeness (QED) is 0.262. The van der Waals surface area contributed by atoms with E-state index >= 15 is 0 Å². The highest BCUT2D eigenvalue weighted by Crippen LogP contribution is 2.49. The van der Waals surface area contributed by atoms with Crippen LogP contribution in [0.25, 0.3) is 0 Å². The van der Waals surface area contributed by atoms with E-state index in [0.29, 0.717) is 0 Å². The molecule has 3 aromatic carbocycles. The fourth-order valence-corrected chi connectivity index (χ4v) is 5.52. The Balaban J connectivity index is 1.85. The Morgan fingerprint density at radius 1 is 0.840 bits per heavy atom. The number of hydrogen-bond acceptors (Lipinski definition) is 1. The van der Waals surface area contributed by atoms with E-state index < -0.39 is 0 Å². The maximum absolute atomic E-state index is 6.65. The molecule has 1 atom stereocenters. The van der Waals surface area contributed by atoms with Crippen molar-refractivity contribution in [3.05, 3.63) is 106 Å². The molecule has 25 heavy (non-hydrogen) atoms. The van der Waals surface area contributed by atoms with Gasteiger partial charge in [-0.3, -0.25) is 4.90 Å². The zero-order chi connectivity index (χ0) is 17.3. The van der Waals surface area contributed by atoms with Crippen molar-refractivity contribution in [1.82, 2.24) is 4.90 Å². The van der Waals surface area contributed by atoms with Crippen LogP contribution in [0.1, 0.15) is 22.3 Å². The van der Waals surface area contributed by atoms with Crippen molar-refractivity contribution in [2.45, 2.75) is 16.5 Å². The van der Waals surface area contributed by atoms with E-state index in [1.165, 1.54) is 22.3 Å². The summed E-state index contributed by atoms with van der Waals surface area (Å²) < 4.78 is -0.263. The molecule has 4 rings (SSSR count). The fraction of sp³-hybridized carbons (Fsp3) is 0.182. The minimum atomic E-state index is -0.263. The van der Waals surface area contributed by atoms with Crippen LogP contribution < -0.4 is 0 Å². The van der Waals surface area contributed by atoms with Crippen LogP contribution in [-0.4, -0.2) is 11.4 Å². The first-order valence-corrected chi connectivity index (χ1v) is 9.96. The lowest BCUT2D eigenvalue weighted by Crippen LogP contribution is -2.46. The molecule has 126 valence electrons. The summed E-state index contributed by atoms with van der Waals surface area (Å²) in [7, 11) is 0. The number of rotatable bonds is 3. The van der Waals surface area contributed by atoms with Crippen molar-refractivity contribution >= 4 is 34.2 Å². The van der Waals surface area contributed by atoms with E-state index in [4.69, 9.17) is 11.6 Å². The van der Waals surface area contributed by atoms with E-state index in [1.54, 1.807) is 0 Å². The Morgan fingerprint density at radius 2 is 1.48 bits per heavy atom. The van der Waals surface area contributed by atoms with Gasteiger partial charge in [0, 0.05) is 23.7 Å². The van der Waals surface area contributed by atoms with Crippen molar-refractivity contribution in [3.8, 4) is 0 Å². The molecule has 3 heteroatoms. The summed E-state index contributed by atoms with van der Waals surface area (Å²) in [6.07, 6.45) is 1.07. The largest absolute Gasteiger partial charge is 0.277 e. The van der Waals surface area contributed by atoms with Crippen molar-refractivity contribution in [1.29, 1.82) is 0 Å². The number of benzene rings is 3. The van der Waals surface area contributed by atoms with E-state index in [9.17, 15) is 0 Å². The van der Waals surface area contributed by atoms with Gasteiger partial charge in [-0.25, -0.2) is 0 Å². The second-order valence-electron chi connectivity index (χ2n) is 6.42. The highest BCUT2D eigenvalue weighted by atomic mass is 127.